The first-order valence-electron chi connectivity index (χ1n) is 6.55. The lowest BCUT2D eigenvalue weighted by Crippen LogP contribution is -2.29. The number of benzene rings is 1. The smallest absolute Gasteiger partial charge is 0.0927 e. The molecule has 1 fully saturated rings. The fourth-order valence-corrected chi connectivity index (χ4v) is 3.37. The van der Waals surface area contributed by atoms with E-state index in [0.717, 1.165) is 18.4 Å². The van der Waals surface area contributed by atoms with Crippen molar-refractivity contribution in [3.8, 4) is 0 Å². The summed E-state index contributed by atoms with van der Waals surface area (Å²) < 4.78 is 0. The molecule has 0 saturated heterocycles. The molecule has 0 spiro atoms. The van der Waals surface area contributed by atoms with Crippen LogP contribution in [0.2, 0.25) is 0 Å². The molecule has 1 aliphatic rings. The molecule has 94 valence electrons. The Balaban J connectivity index is 2.42. The highest BCUT2D eigenvalue weighted by Crippen LogP contribution is 2.52. The van der Waals surface area contributed by atoms with Crippen molar-refractivity contribution in [2.75, 3.05) is 0 Å². The third-order valence-electron chi connectivity index (χ3n) is 4.43. The van der Waals surface area contributed by atoms with E-state index in [1.165, 1.54) is 11.1 Å². The molecule has 0 aliphatic heterocycles. The van der Waals surface area contributed by atoms with E-state index in [2.05, 4.69) is 52.8 Å². The van der Waals surface area contributed by atoms with Crippen LogP contribution in [-0.4, -0.2) is 5.11 Å². The lowest BCUT2D eigenvalue weighted by atomic mass is 9.82. The molecule has 0 aromatic heterocycles. The summed E-state index contributed by atoms with van der Waals surface area (Å²) in [4.78, 5) is 0. The van der Waals surface area contributed by atoms with Crippen LogP contribution in [0.15, 0.2) is 18.2 Å². The van der Waals surface area contributed by atoms with Gasteiger partial charge in [-0.25, -0.2) is 0 Å². The molecule has 1 N–H and O–H groups in total. The van der Waals surface area contributed by atoms with E-state index in [0.29, 0.717) is 5.92 Å². The van der Waals surface area contributed by atoms with Gasteiger partial charge in [-0.15, -0.1) is 0 Å². The highest BCUT2D eigenvalue weighted by atomic mass is 16.3. The summed E-state index contributed by atoms with van der Waals surface area (Å²) in [5.41, 5.74) is 3.27. The zero-order valence-corrected chi connectivity index (χ0v) is 11.7. The average Bonchev–Trinajstić information content (AvgIpc) is 2.41. The second-order valence-electron chi connectivity index (χ2n) is 6.67. The van der Waals surface area contributed by atoms with E-state index in [4.69, 9.17) is 0 Å². The molecule has 1 saturated carbocycles. The van der Waals surface area contributed by atoms with Gasteiger partial charge in [0.1, 0.15) is 0 Å². The van der Waals surface area contributed by atoms with Gasteiger partial charge in [0.2, 0.25) is 0 Å². The Morgan fingerprint density at radius 1 is 1.18 bits per heavy atom. The van der Waals surface area contributed by atoms with E-state index >= 15 is 0 Å². The molecule has 0 bridgehead atoms. The number of rotatable bonds is 1. The molecule has 2 unspecified atom stereocenters. The maximum absolute atomic E-state index is 11.0. The molecule has 2 atom stereocenters. The standard InChI is InChI=1S/C16H24O/c1-11-6-7-14(8-12(11)2)16(17)10-15(4,5)9-13(16)3/h6-8,13,17H,9-10H2,1-5H3. The average molecular weight is 232 g/mol. The topological polar surface area (TPSA) is 20.2 Å². The third-order valence-corrected chi connectivity index (χ3v) is 4.43. The molecular weight excluding hydrogens is 208 g/mol. The van der Waals surface area contributed by atoms with Gasteiger partial charge in [-0.1, -0.05) is 39.0 Å². The molecule has 0 radical (unpaired) electrons. The zero-order chi connectivity index (χ0) is 12.8. The minimum Gasteiger partial charge on any atom is -0.385 e. The summed E-state index contributed by atoms with van der Waals surface area (Å²) in [5.74, 6) is 0.333. The Hall–Kier alpha value is -0.820. The normalized spacial score (nSPS) is 31.8. The van der Waals surface area contributed by atoms with Gasteiger partial charge in [0, 0.05) is 0 Å². The first-order chi connectivity index (χ1) is 7.74. The third kappa shape index (κ3) is 2.13. The first kappa shape index (κ1) is 12.6. The minimum absolute atomic E-state index is 0.243. The Morgan fingerprint density at radius 3 is 2.29 bits per heavy atom. The summed E-state index contributed by atoms with van der Waals surface area (Å²) in [6.45, 7) is 10.9. The van der Waals surface area contributed by atoms with E-state index < -0.39 is 5.60 Å². The largest absolute Gasteiger partial charge is 0.385 e. The predicted molar refractivity (Wildman–Crippen MR) is 72.0 cm³/mol. The van der Waals surface area contributed by atoms with Crippen LogP contribution in [0.4, 0.5) is 0 Å². The van der Waals surface area contributed by atoms with Crippen molar-refractivity contribution < 1.29 is 5.11 Å². The number of aliphatic hydroxyl groups is 1. The lowest BCUT2D eigenvalue weighted by Gasteiger charge is -2.29. The van der Waals surface area contributed by atoms with Crippen molar-refractivity contribution in [1.29, 1.82) is 0 Å². The maximum Gasteiger partial charge on any atom is 0.0927 e. The number of aryl methyl sites for hydroxylation is 2. The van der Waals surface area contributed by atoms with Gasteiger partial charge in [-0.3, -0.25) is 0 Å². The highest BCUT2D eigenvalue weighted by Gasteiger charge is 2.48. The van der Waals surface area contributed by atoms with Crippen LogP contribution in [0.5, 0.6) is 0 Å². The van der Waals surface area contributed by atoms with E-state index in [1.807, 2.05) is 0 Å². The van der Waals surface area contributed by atoms with E-state index in [9.17, 15) is 5.11 Å². The maximum atomic E-state index is 11.0. The van der Waals surface area contributed by atoms with Crippen molar-refractivity contribution in [3.63, 3.8) is 0 Å². The van der Waals surface area contributed by atoms with E-state index in [1.54, 1.807) is 0 Å². The molecule has 1 aromatic carbocycles. The van der Waals surface area contributed by atoms with Crippen LogP contribution in [0, 0.1) is 25.2 Å². The monoisotopic (exact) mass is 232 g/mol. The molecule has 1 nitrogen and oxygen atoms in total. The minimum atomic E-state index is -0.637. The van der Waals surface area contributed by atoms with Gasteiger partial charge in [-0.05, 0) is 54.7 Å². The fourth-order valence-electron chi connectivity index (χ4n) is 3.37. The summed E-state index contributed by atoms with van der Waals surface area (Å²) in [5, 5.41) is 11.0. The second-order valence-corrected chi connectivity index (χ2v) is 6.67. The van der Waals surface area contributed by atoms with Crippen LogP contribution in [0.1, 0.15) is 50.3 Å². The Kier molecular flexibility index (Phi) is 2.86. The molecule has 0 amide bonds. The van der Waals surface area contributed by atoms with Crippen LogP contribution in [0.3, 0.4) is 0 Å². The fraction of sp³-hybridized carbons (Fsp3) is 0.625. The lowest BCUT2D eigenvalue weighted by molar-refractivity contribution is -0.000898. The van der Waals surface area contributed by atoms with Crippen molar-refractivity contribution in [2.24, 2.45) is 11.3 Å². The highest BCUT2D eigenvalue weighted by molar-refractivity contribution is 5.34. The van der Waals surface area contributed by atoms with Crippen LogP contribution in [-0.2, 0) is 5.60 Å². The van der Waals surface area contributed by atoms with Gasteiger partial charge in [0.05, 0.1) is 5.60 Å². The van der Waals surface area contributed by atoms with Crippen molar-refractivity contribution in [3.05, 3.63) is 34.9 Å². The molecule has 1 heteroatoms. The van der Waals surface area contributed by atoms with Crippen LogP contribution < -0.4 is 0 Å². The molecule has 1 aromatic rings. The predicted octanol–water partition coefficient (Wildman–Crippen LogP) is 3.95. The van der Waals surface area contributed by atoms with Crippen molar-refractivity contribution in [1.82, 2.24) is 0 Å². The SMILES string of the molecule is Cc1ccc(C2(O)CC(C)(C)CC2C)cc1C. The Bertz CT molecular complexity index is 433. The molecule has 0 heterocycles. The van der Waals surface area contributed by atoms with Crippen LogP contribution in [0.25, 0.3) is 0 Å². The van der Waals surface area contributed by atoms with Crippen molar-refractivity contribution >= 4 is 0 Å². The van der Waals surface area contributed by atoms with Gasteiger partial charge in [0.25, 0.3) is 0 Å². The summed E-state index contributed by atoms with van der Waals surface area (Å²) in [6.07, 6.45) is 1.96. The van der Waals surface area contributed by atoms with E-state index in [-0.39, 0.29) is 5.41 Å². The number of hydrogen-bond acceptors (Lipinski definition) is 1. The Morgan fingerprint density at radius 2 is 1.82 bits per heavy atom. The number of hydrogen-bond donors (Lipinski definition) is 1. The van der Waals surface area contributed by atoms with Gasteiger partial charge in [0.15, 0.2) is 0 Å². The first-order valence-corrected chi connectivity index (χ1v) is 6.55. The molecular formula is C16H24O. The van der Waals surface area contributed by atoms with Crippen molar-refractivity contribution in [2.45, 2.75) is 53.1 Å². The molecule has 17 heavy (non-hydrogen) atoms. The Labute approximate surface area is 105 Å². The van der Waals surface area contributed by atoms with Gasteiger partial charge in [-0.2, -0.15) is 0 Å². The summed E-state index contributed by atoms with van der Waals surface area (Å²) >= 11 is 0. The zero-order valence-electron chi connectivity index (χ0n) is 11.7. The van der Waals surface area contributed by atoms with Gasteiger partial charge < -0.3 is 5.11 Å². The molecule has 1 aliphatic carbocycles. The summed E-state index contributed by atoms with van der Waals surface area (Å²) in [6, 6.07) is 6.38. The van der Waals surface area contributed by atoms with Gasteiger partial charge >= 0.3 is 0 Å². The molecule has 2 rings (SSSR count). The summed E-state index contributed by atoms with van der Waals surface area (Å²) in [7, 11) is 0. The quantitative estimate of drug-likeness (QED) is 0.777. The second kappa shape index (κ2) is 3.84. The van der Waals surface area contributed by atoms with Crippen LogP contribution >= 0.6 is 0 Å².